The van der Waals surface area contributed by atoms with Crippen molar-refractivity contribution in [3.63, 3.8) is 0 Å². The molecule has 1 aromatic carbocycles. The maximum absolute atomic E-state index is 9.37. The molecule has 14 heavy (non-hydrogen) atoms. The van der Waals surface area contributed by atoms with Gasteiger partial charge in [0.2, 0.25) is 0 Å². The summed E-state index contributed by atoms with van der Waals surface area (Å²) in [5, 5.41) is 9.37. The molecular formula is C11H17NO2. The lowest BCUT2D eigenvalue weighted by Gasteiger charge is -2.09. The van der Waals surface area contributed by atoms with E-state index >= 15 is 0 Å². The lowest BCUT2D eigenvalue weighted by molar-refractivity contribution is 0.183. The van der Waals surface area contributed by atoms with Crippen molar-refractivity contribution in [1.82, 2.24) is 0 Å². The molecule has 0 heterocycles. The minimum absolute atomic E-state index is 0.291. The van der Waals surface area contributed by atoms with E-state index in [1.807, 2.05) is 31.2 Å². The number of rotatable bonds is 5. The molecule has 0 fully saturated rings. The molecule has 0 aliphatic rings. The lowest BCUT2D eigenvalue weighted by atomic mass is 10.1. The fraction of sp³-hybridized carbons (Fsp3) is 0.455. The first-order valence-electron chi connectivity index (χ1n) is 4.86. The molecule has 3 nitrogen and oxygen atoms in total. The molecule has 0 spiro atoms. The number of hydrogen-bond acceptors (Lipinski definition) is 3. The van der Waals surface area contributed by atoms with Gasteiger partial charge in [0.1, 0.15) is 5.75 Å². The summed E-state index contributed by atoms with van der Waals surface area (Å²) in [7, 11) is 0. The second kappa shape index (κ2) is 5.62. The fourth-order valence-electron chi connectivity index (χ4n) is 1.28. The molecule has 0 bridgehead atoms. The van der Waals surface area contributed by atoms with E-state index in [1.165, 1.54) is 0 Å². The Morgan fingerprint density at radius 3 is 2.93 bits per heavy atom. The van der Waals surface area contributed by atoms with E-state index < -0.39 is 6.10 Å². The van der Waals surface area contributed by atoms with Crippen LogP contribution in [0.5, 0.6) is 5.75 Å². The van der Waals surface area contributed by atoms with Crippen molar-refractivity contribution in [3.05, 3.63) is 29.8 Å². The summed E-state index contributed by atoms with van der Waals surface area (Å²) in [6.07, 6.45) is 0.115. The predicted molar refractivity (Wildman–Crippen MR) is 56.4 cm³/mol. The van der Waals surface area contributed by atoms with Crippen LogP contribution in [0.25, 0.3) is 0 Å². The van der Waals surface area contributed by atoms with Crippen LogP contribution in [-0.2, 0) is 6.42 Å². The van der Waals surface area contributed by atoms with E-state index in [0.717, 1.165) is 11.3 Å². The minimum atomic E-state index is -0.466. The van der Waals surface area contributed by atoms with Gasteiger partial charge in [-0.3, -0.25) is 0 Å². The standard InChI is InChI=1S/C11H17NO2/c1-2-14-11-5-3-4-9(7-11)6-10(13)8-12/h3-5,7,10,13H,2,6,8,12H2,1H3. The van der Waals surface area contributed by atoms with Crippen molar-refractivity contribution in [2.24, 2.45) is 5.73 Å². The molecule has 1 aromatic rings. The number of nitrogens with two attached hydrogens (primary N) is 1. The van der Waals surface area contributed by atoms with Crippen molar-refractivity contribution in [2.45, 2.75) is 19.4 Å². The molecule has 0 aliphatic heterocycles. The summed E-state index contributed by atoms with van der Waals surface area (Å²) in [4.78, 5) is 0. The summed E-state index contributed by atoms with van der Waals surface area (Å²) >= 11 is 0. The SMILES string of the molecule is CCOc1cccc(CC(O)CN)c1. The third-order valence-electron chi connectivity index (χ3n) is 1.95. The molecule has 0 amide bonds. The van der Waals surface area contributed by atoms with E-state index in [9.17, 15) is 5.11 Å². The molecule has 0 saturated carbocycles. The molecule has 1 rings (SSSR count). The first kappa shape index (κ1) is 11.0. The van der Waals surface area contributed by atoms with Crippen molar-refractivity contribution in [1.29, 1.82) is 0 Å². The van der Waals surface area contributed by atoms with E-state index in [2.05, 4.69) is 0 Å². The van der Waals surface area contributed by atoms with Gasteiger partial charge in [0.05, 0.1) is 12.7 Å². The maximum atomic E-state index is 9.37. The van der Waals surface area contributed by atoms with Crippen LogP contribution < -0.4 is 10.5 Å². The predicted octanol–water partition coefficient (Wildman–Crippen LogP) is 0.947. The summed E-state index contributed by atoms with van der Waals surface area (Å²) in [6.45, 7) is 2.89. The third-order valence-corrected chi connectivity index (χ3v) is 1.95. The second-order valence-electron chi connectivity index (χ2n) is 3.17. The van der Waals surface area contributed by atoms with E-state index in [0.29, 0.717) is 19.6 Å². The zero-order valence-electron chi connectivity index (χ0n) is 8.44. The maximum Gasteiger partial charge on any atom is 0.119 e. The fourth-order valence-corrected chi connectivity index (χ4v) is 1.28. The molecule has 0 aliphatic carbocycles. The third kappa shape index (κ3) is 3.36. The highest BCUT2D eigenvalue weighted by Crippen LogP contribution is 2.14. The number of aliphatic hydroxyl groups is 1. The van der Waals surface area contributed by atoms with Gasteiger partial charge in [-0.25, -0.2) is 0 Å². The van der Waals surface area contributed by atoms with Crippen LogP contribution in [0.2, 0.25) is 0 Å². The average molecular weight is 195 g/mol. The molecule has 3 heteroatoms. The Morgan fingerprint density at radius 1 is 1.50 bits per heavy atom. The molecule has 0 aromatic heterocycles. The Hall–Kier alpha value is -1.06. The van der Waals surface area contributed by atoms with Crippen LogP contribution in [0.3, 0.4) is 0 Å². The largest absolute Gasteiger partial charge is 0.494 e. The van der Waals surface area contributed by atoms with Gasteiger partial charge in [-0.1, -0.05) is 12.1 Å². The molecule has 1 atom stereocenters. The van der Waals surface area contributed by atoms with Gasteiger partial charge >= 0.3 is 0 Å². The first-order chi connectivity index (χ1) is 6.76. The van der Waals surface area contributed by atoms with Gasteiger partial charge in [0.15, 0.2) is 0 Å². The summed E-state index contributed by atoms with van der Waals surface area (Å²) in [5.74, 6) is 0.842. The average Bonchev–Trinajstić information content (AvgIpc) is 2.19. The Bertz CT molecular complexity index is 276. The summed E-state index contributed by atoms with van der Waals surface area (Å²) < 4.78 is 5.35. The molecule has 78 valence electrons. The van der Waals surface area contributed by atoms with Crippen LogP contribution in [0, 0.1) is 0 Å². The zero-order chi connectivity index (χ0) is 10.4. The second-order valence-corrected chi connectivity index (χ2v) is 3.17. The van der Waals surface area contributed by atoms with E-state index in [1.54, 1.807) is 0 Å². The van der Waals surface area contributed by atoms with Crippen LogP contribution in [0.15, 0.2) is 24.3 Å². The lowest BCUT2D eigenvalue weighted by Crippen LogP contribution is -2.21. The van der Waals surface area contributed by atoms with Gasteiger partial charge in [0.25, 0.3) is 0 Å². The van der Waals surface area contributed by atoms with Crippen molar-refractivity contribution in [3.8, 4) is 5.75 Å². The smallest absolute Gasteiger partial charge is 0.119 e. The number of ether oxygens (including phenoxy) is 1. The molecule has 1 unspecified atom stereocenters. The molecular weight excluding hydrogens is 178 g/mol. The van der Waals surface area contributed by atoms with Gasteiger partial charge in [-0.05, 0) is 31.0 Å². The van der Waals surface area contributed by atoms with Gasteiger partial charge in [-0.15, -0.1) is 0 Å². The molecule has 0 saturated heterocycles. The zero-order valence-corrected chi connectivity index (χ0v) is 8.44. The first-order valence-corrected chi connectivity index (χ1v) is 4.86. The monoisotopic (exact) mass is 195 g/mol. The van der Waals surface area contributed by atoms with Crippen LogP contribution in [0.4, 0.5) is 0 Å². The van der Waals surface area contributed by atoms with Crippen molar-refractivity contribution < 1.29 is 9.84 Å². The Labute approximate surface area is 84.5 Å². The number of benzene rings is 1. The van der Waals surface area contributed by atoms with Crippen LogP contribution >= 0.6 is 0 Å². The van der Waals surface area contributed by atoms with Gasteiger partial charge in [-0.2, -0.15) is 0 Å². The highest BCUT2D eigenvalue weighted by atomic mass is 16.5. The summed E-state index contributed by atoms with van der Waals surface area (Å²) in [6, 6.07) is 7.72. The quantitative estimate of drug-likeness (QED) is 0.735. The minimum Gasteiger partial charge on any atom is -0.494 e. The van der Waals surface area contributed by atoms with Gasteiger partial charge in [0, 0.05) is 6.54 Å². The van der Waals surface area contributed by atoms with E-state index in [4.69, 9.17) is 10.5 Å². The Balaban J connectivity index is 2.63. The highest BCUT2D eigenvalue weighted by molar-refractivity contribution is 5.28. The Morgan fingerprint density at radius 2 is 2.29 bits per heavy atom. The van der Waals surface area contributed by atoms with E-state index in [-0.39, 0.29) is 0 Å². The topological polar surface area (TPSA) is 55.5 Å². The van der Waals surface area contributed by atoms with Crippen LogP contribution in [-0.4, -0.2) is 24.4 Å². The normalized spacial score (nSPS) is 12.5. The number of hydrogen-bond donors (Lipinski definition) is 2. The molecule has 0 radical (unpaired) electrons. The Kier molecular flexibility index (Phi) is 4.43. The summed E-state index contributed by atoms with van der Waals surface area (Å²) in [5.41, 5.74) is 6.39. The van der Waals surface area contributed by atoms with Crippen molar-refractivity contribution >= 4 is 0 Å². The van der Waals surface area contributed by atoms with Crippen LogP contribution in [0.1, 0.15) is 12.5 Å². The highest BCUT2D eigenvalue weighted by Gasteiger charge is 2.03. The van der Waals surface area contributed by atoms with Gasteiger partial charge < -0.3 is 15.6 Å². The molecule has 3 N–H and O–H groups in total. The number of aliphatic hydroxyl groups excluding tert-OH is 1. The van der Waals surface area contributed by atoms with Crippen molar-refractivity contribution in [2.75, 3.05) is 13.2 Å².